The average Bonchev–Trinajstić information content (AvgIpc) is 2.23. The van der Waals surface area contributed by atoms with Crippen molar-refractivity contribution >= 4 is 29.5 Å². The summed E-state index contributed by atoms with van der Waals surface area (Å²) in [6.45, 7) is 6.56. The van der Waals surface area contributed by atoms with Gasteiger partial charge in [0.2, 0.25) is 0 Å². The Labute approximate surface area is 100 Å². The van der Waals surface area contributed by atoms with E-state index in [4.69, 9.17) is 4.74 Å². The maximum atomic E-state index is 11.9. The van der Waals surface area contributed by atoms with Gasteiger partial charge in [0.1, 0.15) is 0 Å². The Kier molecular flexibility index (Phi) is 4.59. The second kappa shape index (κ2) is 5.30. The molecule has 1 aliphatic heterocycles. The lowest BCUT2D eigenvalue weighted by Crippen LogP contribution is -2.36. The molecule has 0 fully saturated rings. The lowest BCUT2D eigenvalue weighted by Gasteiger charge is -2.33. The van der Waals surface area contributed by atoms with Gasteiger partial charge in [0.15, 0.2) is 4.08 Å². The van der Waals surface area contributed by atoms with Gasteiger partial charge in [-0.1, -0.05) is 11.1 Å². The SMILES string of the molecule is CCOC(=O)[C@@]1(SC)CC(C)=C(C)CS1. The molecule has 0 spiro atoms. The summed E-state index contributed by atoms with van der Waals surface area (Å²) >= 11 is 3.30. The molecule has 0 amide bonds. The van der Waals surface area contributed by atoms with Gasteiger partial charge in [-0.15, -0.1) is 23.5 Å². The predicted octanol–water partition coefficient (Wildman–Crippen LogP) is 3.08. The number of allylic oxidation sites excluding steroid dienone is 1. The van der Waals surface area contributed by atoms with E-state index >= 15 is 0 Å². The normalized spacial score (nSPS) is 26.7. The van der Waals surface area contributed by atoms with Crippen LogP contribution in [0.25, 0.3) is 0 Å². The molecule has 0 aliphatic carbocycles. The summed E-state index contributed by atoms with van der Waals surface area (Å²) in [6, 6.07) is 0. The number of carbonyl (C=O) groups is 1. The Morgan fingerprint density at radius 3 is 2.67 bits per heavy atom. The van der Waals surface area contributed by atoms with Crippen LogP contribution in [0.2, 0.25) is 0 Å². The molecule has 2 nitrogen and oxygen atoms in total. The molecular formula is C11H18O2S2. The van der Waals surface area contributed by atoms with E-state index in [1.165, 1.54) is 11.1 Å². The minimum Gasteiger partial charge on any atom is -0.464 e. The molecule has 0 aromatic carbocycles. The highest BCUT2D eigenvalue weighted by Crippen LogP contribution is 2.46. The van der Waals surface area contributed by atoms with Crippen LogP contribution in [0.15, 0.2) is 11.1 Å². The maximum absolute atomic E-state index is 11.9. The molecule has 1 heterocycles. The van der Waals surface area contributed by atoms with E-state index in [2.05, 4.69) is 13.8 Å². The Bertz CT molecular complexity index is 286. The van der Waals surface area contributed by atoms with Crippen molar-refractivity contribution in [2.45, 2.75) is 31.3 Å². The molecule has 1 atom stereocenters. The summed E-state index contributed by atoms with van der Waals surface area (Å²) in [7, 11) is 0. The van der Waals surface area contributed by atoms with E-state index in [9.17, 15) is 4.79 Å². The highest BCUT2D eigenvalue weighted by molar-refractivity contribution is 8.19. The van der Waals surface area contributed by atoms with Crippen molar-refractivity contribution in [2.24, 2.45) is 0 Å². The number of carbonyl (C=O) groups excluding carboxylic acids is 1. The predicted molar refractivity (Wildman–Crippen MR) is 68.3 cm³/mol. The van der Waals surface area contributed by atoms with Crippen LogP contribution in [0.5, 0.6) is 0 Å². The molecule has 0 radical (unpaired) electrons. The van der Waals surface area contributed by atoms with Gasteiger partial charge in [-0.25, -0.2) is 4.79 Å². The summed E-state index contributed by atoms with van der Waals surface area (Å²) < 4.78 is 4.75. The minimum absolute atomic E-state index is 0.0747. The minimum atomic E-state index is -0.403. The van der Waals surface area contributed by atoms with E-state index < -0.39 is 4.08 Å². The number of hydrogen-bond acceptors (Lipinski definition) is 4. The first-order valence-electron chi connectivity index (χ1n) is 5.07. The molecule has 15 heavy (non-hydrogen) atoms. The summed E-state index contributed by atoms with van der Waals surface area (Å²) in [5, 5.41) is 0. The smallest absolute Gasteiger partial charge is 0.332 e. The number of hydrogen-bond donors (Lipinski definition) is 0. The first-order chi connectivity index (χ1) is 7.05. The Morgan fingerprint density at radius 1 is 1.53 bits per heavy atom. The highest BCUT2D eigenvalue weighted by Gasteiger charge is 2.42. The third-order valence-electron chi connectivity index (χ3n) is 2.66. The van der Waals surface area contributed by atoms with Crippen molar-refractivity contribution in [3.63, 3.8) is 0 Å². The second-order valence-electron chi connectivity index (χ2n) is 3.70. The zero-order valence-electron chi connectivity index (χ0n) is 9.75. The van der Waals surface area contributed by atoms with Gasteiger partial charge in [-0.3, -0.25) is 0 Å². The number of thioether (sulfide) groups is 2. The molecule has 0 aromatic heterocycles. The fourth-order valence-corrected chi connectivity index (χ4v) is 3.91. The van der Waals surface area contributed by atoms with Gasteiger partial charge < -0.3 is 4.74 Å². The van der Waals surface area contributed by atoms with Gasteiger partial charge >= 0.3 is 5.97 Å². The number of rotatable bonds is 3. The molecule has 1 rings (SSSR count). The molecular weight excluding hydrogens is 228 g/mol. The lowest BCUT2D eigenvalue weighted by atomic mass is 10.1. The van der Waals surface area contributed by atoms with Crippen LogP contribution in [-0.4, -0.2) is 28.7 Å². The van der Waals surface area contributed by atoms with Crippen molar-refractivity contribution in [1.82, 2.24) is 0 Å². The molecule has 1 aliphatic rings. The van der Waals surface area contributed by atoms with Crippen molar-refractivity contribution in [1.29, 1.82) is 0 Å². The third kappa shape index (κ3) is 2.72. The van der Waals surface area contributed by atoms with Gasteiger partial charge in [-0.05, 0) is 27.0 Å². The Hall–Kier alpha value is -0.0900. The lowest BCUT2D eigenvalue weighted by molar-refractivity contribution is -0.143. The number of ether oxygens (including phenoxy) is 1. The monoisotopic (exact) mass is 246 g/mol. The first kappa shape index (κ1) is 13.0. The molecule has 0 N–H and O–H groups in total. The van der Waals surface area contributed by atoms with Gasteiger partial charge in [0, 0.05) is 12.2 Å². The van der Waals surface area contributed by atoms with Gasteiger partial charge in [0.25, 0.3) is 0 Å². The summed E-state index contributed by atoms with van der Waals surface area (Å²) in [5.74, 6) is 0.861. The van der Waals surface area contributed by atoms with Crippen molar-refractivity contribution in [3.05, 3.63) is 11.1 Å². The third-order valence-corrected chi connectivity index (χ3v) is 5.84. The molecule has 0 unspecified atom stereocenters. The fraction of sp³-hybridized carbons (Fsp3) is 0.727. The van der Waals surface area contributed by atoms with E-state index in [0.717, 1.165) is 12.2 Å². The quantitative estimate of drug-likeness (QED) is 0.565. The van der Waals surface area contributed by atoms with Crippen LogP contribution >= 0.6 is 23.5 Å². The van der Waals surface area contributed by atoms with Crippen LogP contribution in [0, 0.1) is 0 Å². The average molecular weight is 246 g/mol. The van der Waals surface area contributed by atoms with Gasteiger partial charge in [-0.2, -0.15) is 0 Å². The molecule has 0 bridgehead atoms. The summed E-state index contributed by atoms with van der Waals surface area (Å²) in [5.41, 5.74) is 2.73. The van der Waals surface area contributed by atoms with Crippen molar-refractivity contribution in [3.8, 4) is 0 Å². The molecule has 4 heteroatoms. The molecule has 0 saturated heterocycles. The molecule has 86 valence electrons. The molecule has 0 saturated carbocycles. The Balaban J connectivity index is 2.84. The highest BCUT2D eigenvalue weighted by atomic mass is 32.2. The fourth-order valence-electron chi connectivity index (χ4n) is 1.49. The first-order valence-corrected chi connectivity index (χ1v) is 7.28. The maximum Gasteiger partial charge on any atom is 0.332 e. The number of esters is 1. The topological polar surface area (TPSA) is 26.3 Å². The van der Waals surface area contributed by atoms with Crippen LogP contribution in [0.3, 0.4) is 0 Å². The second-order valence-corrected chi connectivity index (χ2v) is 6.34. The zero-order valence-corrected chi connectivity index (χ0v) is 11.4. The zero-order chi connectivity index (χ0) is 11.5. The largest absolute Gasteiger partial charge is 0.464 e. The van der Waals surface area contributed by atoms with Crippen LogP contribution in [-0.2, 0) is 9.53 Å². The van der Waals surface area contributed by atoms with E-state index in [1.54, 1.807) is 23.5 Å². The summed E-state index contributed by atoms with van der Waals surface area (Å²) in [6.07, 6.45) is 2.79. The summed E-state index contributed by atoms with van der Waals surface area (Å²) in [4.78, 5) is 11.9. The van der Waals surface area contributed by atoms with E-state index in [1.807, 2.05) is 13.2 Å². The van der Waals surface area contributed by atoms with E-state index in [-0.39, 0.29) is 5.97 Å². The Morgan fingerprint density at radius 2 is 2.20 bits per heavy atom. The van der Waals surface area contributed by atoms with Crippen LogP contribution in [0.1, 0.15) is 27.2 Å². The van der Waals surface area contributed by atoms with Crippen molar-refractivity contribution in [2.75, 3.05) is 18.6 Å². The van der Waals surface area contributed by atoms with Crippen LogP contribution < -0.4 is 0 Å². The standard InChI is InChI=1S/C11H18O2S2/c1-5-13-10(12)11(14-4)6-8(2)9(3)7-15-11/h5-7H2,1-4H3/t11-/m1/s1. The van der Waals surface area contributed by atoms with Crippen molar-refractivity contribution < 1.29 is 9.53 Å². The van der Waals surface area contributed by atoms with E-state index in [0.29, 0.717) is 6.61 Å². The van der Waals surface area contributed by atoms with Crippen LogP contribution in [0.4, 0.5) is 0 Å². The van der Waals surface area contributed by atoms with Gasteiger partial charge in [0.05, 0.1) is 6.61 Å². The molecule has 0 aromatic rings.